The van der Waals surface area contributed by atoms with Gasteiger partial charge in [-0.25, -0.2) is 9.78 Å². The van der Waals surface area contributed by atoms with E-state index in [1.54, 1.807) is 0 Å². The fourth-order valence-corrected chi connectivity index (χ4v) is 3.50. The van der Waals surface area contributed by atoms with Gasteiger partial charge in [0.25, 0.3) is 0 Å². The van der Waals surface area contributed by atoms with Crippen molar-refractivity contribution in [3.63, 3.8) is 0 Å². The Balaban J connectivity index is 1.55. The van der Waals surface area contributed by atoms with Crippen molar-refractivity contribution in [2.24, 2.45) is 0 Å². The van der Waals surface area contributed by atoms with Crippen LogP contribution >= 0.6 is 0 Å². The molecule has 2 N–H and O–H groups in total. The maximum absolute atomic E-state index is 12.2. The van der Waals surface area contributed by atoms with Crippen molar-refractivity contribution >= 4 is 23.0 Å². The van der Waals surface area contributed by atoms with Crippen molar-refractivity contribution in [1.82, 2.24) is 19.8 Å². The lowest BCUT2D eigenvalue weighted by Gasteiger charge is -2.33. The molecule has 2 amide bonds. The summed E-state index contributed by atoms with van der Waals surface area (Å²) >= 11 is 0. The molecule has 0 aliphatic carbocycles. The Morgan fingerprint density at radius 1 is 1.28 bits per heavy atom. The SMILES string of the molecule is Cc1nc2ccccc2n1C1CCN(C(=O)NCCCC(=O)O)CC1. The third-order valence-corrected chi connectivity index (χ3v) is 4.73. The van der Waals surface area contributed by atoms with Gasteiger partial charge in [0.15, 0.2) is 0 Å². The first-order chi connectivity index (χ1) is 12.1. The van der Waals surface area contributed by atoms with Crippen LogP contribution in [-0.2, 0) is 4.79 Å². The van der Waals surface area contributed by atoms with E-state index < -0.39 is 5.97 Å². The summed E-state index contributed by atoms with van der Waals surface area (Å²) in [6.45, 7) is 3.82. The number of fused-ring (bicyclic) bond motifs is 1. The van der Waals surface area contributed by atoms with E-state index >= 15 is 0 Å². The van der Waals surface area contributed by atoms with Gasteiger partial charge in [-0.3, -0.25) is 4.79 Å². The van der Waals surface area contributed by atoms with E-state index in [0.29, 0.717) is 32.1 Å². The van der Waals surface area contributed by atoms with E-state index in [1.165, 1.54) is 0 Å². The van der Waals surface area contributed by atoms with Gasteiger partial charge in [-0.05, 0) is 38.3 Å². The second kappa shape index (κ2) is 7.55. The zero-order chi connectivity index (χ0) is 17.8. The predicted octanol–water partition coefficient (Wildman–Crippen LogP) is 2.56. The number of hydrogen-bond donors (Lipinski definition) is 2. The van der Waals surface area contributed by atoms with Gasteiger partial charge in [-0.2, -0.15) is 0 Å². The number of aryl methyl sites for hydroxylation is 1. The third kappa shape index (κ3) is 3.92. The van der Waals surface area contributed by atoms with Crippen molar-refractivity contribution in [3.05, 3.63) is 30.1 Å². The Morgan fingerprint density at radius 3 is 2.72 bits per heavy atom. The zero-order valence-corrected chi connectivity index (χ0v) is 14.4. The standard InChI is InChI=1S/C18H24N4O3/c1-13-20-15-5-2-3-6-16(15)22(13)14-8-11-21(12-9-14)18(25)19-10-4-7-17(23)24/h2-3,5-6,14H,4,7-12H2,1H3,(H,19,25)(H,23,24). The second-order valence-corrected chi connectivity index (χ2v) is 6.47. The van der Waals surface area contributed by atoms with E-state index in [2.05, 4.69) is 20.9 Å². The summed E-state index contributed by atoms with van der Waals surface area (Å²) in [6, 6.07) is 8.39. The summed E-state index contributed by atoms with van der Waals surface area (Å²) in [5, 5.41) is 11.4. The summed E-state index contributed by atoms with van der Waals surface area (Å²) < 4.78 is 2.29. The molecule has 1 saturated heterocycles. The number of amides is 2. The van der Waals surface area contributed by atoms with Crippen molar-refractivity contribution < 1.29 is 14.7 Å². The van der Waals surface area contributed by atoms with Gasteiger partial charge < -0.3 is 19.9 Å². The van der Waals surface area contributed by atoms with Crippen LogP contribution in [0, 0.1) is 6.92 Å². The second-order valence-electron chi connectivity index (χ2n) is 6.47. The number of carboxylic acid groups (broad SMARTS) is 1. The molecule has 1 fully saturated rings. The van der Waals surface area contributed by atoms with Gasteiger partial charge in [0.05, 0.1) is 11.0 Å². The number of carbonyl (C=O) groups is 2. The topological polar surface area (TPSA) is 87.5 Å². The summed E-state index contributed by atoms with van der Waals surface area (Å²) in [6.07, 6.45) is 2.32. The lowest BCUT2D eigenvalue weighted by molar-refractivity contribution is -0.137. The van der Waals surface area contributed by atoms with Crippen LogP contribution in [0.2, 0.25) is 0 Å². The largest absolute Gasteiger partial charge is 0.481 e. The van der Waals surface area contributed by atoms with E-state index in [1.807, 2.05) is 30.0 Å². The van der Waals surface area contributed by atoms with E-state index in [-0.39, 0.29) is 12.5 Å². The molecule has 1 aliphatic heterocycles. The molecule has 0 atom stereocenters. The molecule has 2 aromatic rings. The number of piperidine rings is 1. The first-order valence-corrected chi connectivity index (χ1v) is 8.74. The Hall–Kier alpha value is -2.57. The van der Waals surface area contributed by atoms with Crippen molar-refractivity contribution in [1.29, 1.82) is 0 Å². The highest BCUT2D eigenvalue weighted by Gasteiger charge is 2.25. The minimum Gasteiger partial charge on any atom is -0.481 e. The quantitative estimate of drug-likeness (QED) is 0.816. The molecule has 0 spiro atoms. The Labute approximate surface area is 146 Å². The molecule has 0 unspecified atom stereocenters. The van der Waals surface area contributed by atoms with Crippen LogP contribution in [0.3, 0.4) is 0 Å². The molecule has 25 heavy (non-hydrogen) atoms. The number of hydrogen-bond acceptors (Lipinski definition) is 3. The number of carboxylic acids is 1. The maximum atomic E-state index is 12.2. The maximum Gasteiger partial charge on any atom is 0.317 e. The van der Waals surface area contributed by atoms with Gasteiger partial charge in [0.1, 0.15) is 5.82 Å². The van der Waals surface area contributed by atoms with Crippen LogP contribution in [0.5, 0.6) is 0 Å². The molecule has 3 rings (SSSR count). The van der Waals surface area contributed by atoms with Crippen LogP contribution in [0.1, 0.15) is 37.5 Å². The number of aliphatic carboxylic acids is 1. The molecular weight excluding hydrogens is 320 g/mol. The van der Waals surface area contributed by atoms with Crippen molar-refractivity contribution in [2.45, 2.75) is 38.6 Å². The van der Waals surface area contributed by atoms with E-state index in [4.69, 9.17) is 5.11 Å². The molecular formula is C18H24N4O3. The number of nitrogens with one attached hydrogen (secondary N) is 1. The van der Waals surface area contributed by atoms with E-state index in [9.17, 15) is 9.59 Å². The Bertz CT molecular complexity index is 763. The average molecular weight is 344 g/mol. The monoisotopic (exact) mass is 344 g/mol. The predicted molar refractivity (Wildman–Crippen MR) is 94.6 cm³/mol. The highest BCUT2D eigenvalue weighted by molar-refractivity contribution is 5.76. The summed E-state index contributed by atoms with van der Waals surface area (Å²) in [5.41, 5.74) is 2.16. The van der Waals surface area contributed by atoms with Crippen LogP contribution in [0.25, 0.3) is 11.0 Å². The molecule has 7 nitrogen and oxygen atoms in total. The van der Waals surface area contributed by atoms with Gasteiger partial charge in [0, 0.05) is 32.1 Å². The Kier molecular flexibility index (Phi) is 5.21. The number of imidazole rings is 1. The molecule has 134 valence electrons. The first kappa shape index (κ1) is 17.3. The average Bonchev–Trinajstić information content (AvgIpc) is 2.94. The molecule has 1 aromatic heterocycles. The number of likely N-dealkylation sites (tertiary alicyclic amines) is 1. The Morgan fingerprint density at radius 2 is 2.00 bits per heavy atom. The molecule has 2 heterocycles. The third-order valence-electron chi connectivity index (χ3n) is 4.73. The fraction of sp³-hybridized carbons (Fsp3) is 0.500. The van der Waals surface area contributed by atoms with Gasteiger partial charge in [0.2, 0.25) is 0 Å². The van der Waals surface area contributed by atoms with Crippen molar-refractivity contribution in [3.8, 4) is 0 Å². The number of para-hydroxylation sites is 2. The minimum atomic E-state index is -0.835. The molecule has 0 radical (unpaired) electrons. The molecule has 0 bridgehead atoms. The van der Waals surface area contributed by atoms with Gasteiger partial charge in [-0.1, -0.05) is 12.1 Å². The smallest absolute Gasteiger partial charge is 0.317 e. The highest BCUT2D eigenvalue weighted by atomic mass is 16.4. The highest BCUT2D eigenvalue weighted by Crippen LogP contribution is 2.28. The molecule has 1 aromatic carbocycles. The van der Waals surface area contributed by atoms with Crippen LogP contribution in [0.15, 0.2) is 24.3 Å². The first-order valence-electron chi connectivity index (χ1n) is 8.74. The lowest BCUT2D eigenvalue weighted by atomic mass is 10.0. The van der Waals surface area contributed by atoms with Crippen LogP contribution in [-0.4, -0.2) is 51.2 Å². The molecule has 7 heteroatoms. The number of benzene rings is 1. The fourth-order valence-electron chi connectivity index (χ4n) is 3.50. The van der Waals surface area contributed by atoms with Gasteiger partial charge in [-0.15, -0.1) is 0 Å². The normalized spacial score (nSPS) is 15.5. The molecule has 0 saturated carbocycles. The minimum absolute atomic E-state index is 0.0787. The van der Waals surface area contributed by atoms with E-state index in [0.717, 1.165) is 29.7 Å². The number of aromatic nitrogens is 2. The summed E-state index contributed by atoms with van der Waals surface area (Å²) in [4.78, 5) is 29.1. The van der Waals surface area contributed by atoms with Crippen LogP contribution < -0.4 is 5.32 Å². The van der Waals surface area contributed by atoms with Crippen LogP contribution in [0.4, 0.5) is 4.79 Å². The lowest BCUT2D eigenvalue weighted by Crippen LogP contribution is -2.45. The number of carbonyl (C=O) groups excluding carboxylic acids is 1. The number of nitrogens with zero attached hydrogens (tertiary/aromatic N) is 3. The zero-order valence-electron chi connectivity index (χ0n) is 14.4. The summed E-state index contributed by atoms with van der Waals surface area (Å²) in [5.74, 6) is 0.177. The number of urea groups is 1. The number of rotatable bonds is 5. The molecule has 1 aliphatic rings. The summed E-state index contributed by atoms with van der Waals surface area (Å²) in [7, 11) is 0. The van der Waals surface area contributed by atoms with Gasteiger partial charge >= 0.3 is 12.0 Å². The van der Waals surface area contributed by atoms with Crippen molar-refractivity contribution in [2.75, 3.05) is 19.6 Å².